The van der Waals surface area contributed by atoms with Crippen molar-refractivity contribution in [1.29, 1.82) is 0 Å². The number of hydrogen-bond acceptors (Lipinski definition) is 6. The molecular formula is C22H18BrClN4O3. The number of carbonyl (C=O) groups excluding carboxylic acids is 1. The molecule has 3 aromatic carbocycles. The number of nitrogens with zero attached hydrogens (tertiary/aromatic N) is 3. The lowest BCUT2D eigenvalue weighted by Gasteiger charge is -2.06. The molecule has 0 unspecified atom stereocenters. The number of amides is 1. The zero-order chi connectivity index (χ0) is 22.2. The van der Waals surface area contributed by atoms with Crippen molar-refractivity contribution in [2.45, 2.75) is 6.92 Å². The van der Waals surface area contributed by atoms with Crippen LogP contribution in [0.4, 0.5) is 11.4 Å². The van der Waals surface area contributed by atoms with Crippen molar-refractivity contribution >= 4 is 51.0 Å². The highest BCUT2D eigenvalue weighted by atomic mass is 79.9. The molecule has 0 atom stereocenters. The molecule has 0 saturated carbocycles. The van der Waals surface area contributed by atoms with Gasteiger partial charge in [0.25, 0.3) is 5.91 Å². The van der Waals surface area contributed by atoms with E-state index in [0.29, 0.717) is 27.7 Å². The highest BCUT2D eigenvalue weighted by Crippen LogP contribution is 2.25. The van der Waals surface area contributed by atoms with Crippen molar-refractivity contribution in [3.8, 4) is 11.5 Å². The second kappa shape index (κ2) is 10.7. The molecular weight excluding hydrogens is 484 g/mol. The minimum atomic E-state index is -0.450. The average Bonchev–Trinajstić information content (AvgIpc) is 2.75. The summed E-state index contributed by atoms with van der Waals surface area (Å²) in [5.41, 5.74) is 4.78. The Morgan fingerprint density at radius 2 is 1.90 bits per heavy atom. The molecule has 3 rings (SSSR count). The zero-order valence-corrected chi connectivity index (χ0v) is 18.8. The van der Waals surface area contributed by atoms with Gasteiger partial charge < -0.3 is 9.84 Å². The number of benzene rings is 3. The molecule has 7 nitrogen and oxygen atoms in total. The number of nitrogens with one attached hydrogen (secondary N) is 1. The third kappa shape index (κ3) is 6.91. The third-order valence-corrected chi connectivity index (χ3v) is 4.91. The van der Waals surface area contributed by atoms with Crippen molar-refractivity contribution in [2.24, 2.45) is 15.3 Å². The summed E-state index contributed by atoms with van der Waals surface area (Å²) in [6.45, 7) is 1.63. The summed E-state index contributed by atoms with van der Waals surface area (Å²) in [4.78, 5) is 11.9. The molecule has 0 saturated heterocycles. The fourth-order valence-electron chi connectivity index (χ4n) is 2.42. The fraction of sp³-hybridized carbons (Fsp3) is 0.0909. The van der Waals surface area contributed by atoms with Crippen molar-refractivity contribution in [3.05, 3.63) is 81.3 Å². The Bertz CT molecular complexity index is 1150. The van der Waals surface area contributed by atoms with Gasteiger partial charge >= 0.3 is 0 Å². The highest BCUT2D eigenvalue weighted by molar-refractivity contribution is 9.10. The minimum Gasteiger partial charge on any atom is -0.507 e. The first-order valence-corrected chi connectivity index (χ1v) is 10.3. The lowest BCUT2D eigenvalue weighted by atomic mass is 10.2. The van der Waals surface area contributed by atoms with Gasteiger partial charge in [0, 0.05) is 15.1 Å². The quantitative estimate of drug-likeness (QED) is 0.234. The molecule has 0 bridgehead atoms. The molecule has 0 aliphatic rings. The van der Waals surface area contributed by atoms with E-state index in [1.54, 1.807) is 30.3 Å². The van der Waals surface area contributed by atoms with Gasteiger partial charge in [-0.1, -0.05) is 33.6 Å². The second-order valence-electron chi connectivity index (χ2n) is 6.42. The average molecular weight is 502 g/mol. The summed E-state index contributed by atoms with van der Waals surface area (Å²) in [5.74, 6) is 0.0725. The van der Waals surface area contributed by atoms with Gasteiger partial charge in [0.05, 0.1) is 17.6 Å². The maximum absolute atomic E-state index is 11.9. The van der Waals surface area contributed by atoms with E-state index in [4.69, 9.17) is 16.3 Å². The van der Waals surface area contributed by atoms with Crippen molar-refractivity contribution in [2.75, 3.05) is 6.61 Å². The molecule has 0 spiro atoms. The van der Waals surface area contributed by atoms with Crippen LogP contribution in [-0.4, -0.2) is 23.8 Å². The van der Waals surface area contributed by atoms with Gasteiger partial charge in [0.1, 0.15) is 11.5 Å². The molecule has 158 valence electrons. The van der Waals surface area contributed by atoms with E-state index < -0.39 is 5.91 Å². The first-order chi connectivity index (χ1) is 14.9. The molecule has 1 amide bonds. The van der Waals surface area contributed by atoms with Crippen LogP contribution in [0.2, 0.25) is 5.02 Å². The number of hydrogen-bond donors (Lipinski definition) is 2. The predicted molar refractivity (Wildman–Crippen MR) is 124 cm³/mol. The number of phenolic OH excluding ortho intramolecular Hbond substituents is 1. The number of halogens is 2. The molecule has 0 heterocycles. The van der Waals surface area contributed by atoms with Gasteiger partial charge in [-0.15, -0.1) is 0 Å². The maximum Gasteiger partial charge on any atom is 0.277 e. The SMILES string of the molecule is Cc1cc(OCC(=O)N/N=C/c2cc(N=Nc3cccc(Br)c3)ccc2O)ccc1Cl. The zero-order valence-electron chi connectivity index (χ0n) is 16.4. The topological polar surface area (TPSA) is 95.6 Å². The van der Waals surface area contributed by atoms with Crippen molar-refractivity contribution in [3.63, 3.8) is 0 Å². The minimum absolute atomic E-state index is 0.00714. The van der Waals surface area contributed by atoms with Crippen LogP contribution >= 0.6 is 27.5 Å². The van der Waals surface area contributed by atoms with Crippen LogP contribution < -0.4 is 10.2 Å². The summed E-state index contributed by atoms with van der Waals surface area (Å²) in [6, 6.07) is 17.2. The van der Waals surface area contributed by atoms with Crippen LogP contribution in [0, 0.1) is 6.92 Å². The van der Waals surface area contributed by atoms with Gasteiger partial charge in [-0.05, 0) is 67.1 Å². The van der Waals surface area contributed by atoms with E-state index >= 15 is 0 Å². The Kier molecular flexibility index (Phi) is 7.75. The number of ether oxygens (including phenoxy) is 1. The maximum atomic E-state index is 11.9. The number of azo groups is 1. The van der Waals surface area contributed by atoms with Gasteiger partial charge in [-0.25, -0.2) is 5.43 Å². The van der Waals surface area contributed by atoms with E-state index in [1.807, 2.05) is 31.2 Å². The molecule has 0 aromatic heterocycles. The predicted octanol–water partition coefficient (Wildman–Crippen LogP) is 6.06. The van der Waals surface area contributed by atoms with E-state index in [0.717, 1.165) is 10.0 Å². The van der Waals surface area contributed by atoms with Gasteiger partial charge in [0.15, 0.2) is 6.61 Å². The van der Waals surface area contributed by atoms with Crippen LogP contribution in [-0.2, 0) is 4.79 Å². The van der Waals surface area contributed by atoms with Crippen molar-refractivity contribution < 1.29 is 14.6 Å². The smallest absolute Gasteiger partial charge is 0.277 e. The Morgan fingerprint density at radius 1 is 1.13 bits per heavy atom. The Morgan fingerprint density at radius 3 is 2.65 bits per heavy atom. The standard InChI is InChI=1S/C22H18BrClN4O3/c1-14-9-19(6-7-20(14)24)31-13-22(30)28-25-12-15-10-18(5-8-21(15)29)27-26-17-4-2-3-16(23)11-17/h2-12,29H,13H2,1H3,(H,28,30)/b25-12+,27-26?. The van der Waals surface area contributed by atoms with Gasteiger partial charge in [-0.3, -0.25) is 4.79 Å². The lowest BCUT2D eigenvalue weighted by molar-refractivity contribution is -0.123. The molecule has 3 aromatic rings. The van der Waals surface area contributed by atoms with Crippen LogP contribution in [0.15, 0.2) is 80.5 Å². The summed E-state index contributed by atoms with van der Waals surface area (Å²) >= 11 is 9.34. The molecule has 0 aliphatic carbocycles. The van der Waals surface area contributed by atoms with E-state index in [9.17, 15) is 9.90 Å². The molecule has 2 N–H and O–H groups in total. The van der Waals surface area contributed by atoms with Crippen LogP contribution in [0.3, 0.4) is 0 Å². The number of phenols is 1. The molecule has 0 fully saturated rings. The van der Waals surface area contributed by atoms with E-state index in [1.165, 1.54) is 12.3 Å². The molecule has 31 heavy (non-hydrogen) atoms. The Labute approximate surface area is 192 Å². The first kappa shape index (κ1) is 22.5. The normalized spacial score (nSPS) is 11.2. The van der Waals surface area contributed by atoms with Crippen molar-refractivity contribution in [1.82, 2.24) is 5.43 Å². The summed E-state index contributed by atoms with van der Waals surface area (Å²) in [7, 11) is 0. The van der Waals surface area contributed by atoms with E-state index in [2.05, 4.69) is 36.7 Å². The molecule has 0 radical (unpaired) electrons. The number of carbonyl (C=O) groups is 1. The fourth-order valence-corrected chi connectivity index (χ4v) is 2.93. The Hall–Kier alpha value is -3.23. The second-order valence-corrected chi connectivity index (χ2v) is 7.74. The number of rotatable bonds is 7. The van der Waals surface area contributed by atoms with Crippen LogP contribution in [0.5, 0.6) is 11.5 Å². The summed E-state index contributed by atoms with van der Waals surface area (Å²) < 4.78 is 6.30. The third-order valence-electron chi connectivity index (χ3n) is 3.99. The summed E-state index contributed by atoms with van der Waals surface area (Å²) in [6.07, 6.45) is 1.32. The van der Waals surface area contributed by atoms with Crippen LogP contribution in [0.1, 0.15) is 11.1 Å². The highest BCUT2D eigenvalue weighted by Gasteiger charge is 2.04. The lowest BCUT2D eigenvalue weighted by Crippen LogP contribution is -2.24. The largest absolute Gasteiger partial charge is 0.507 e. The first-order valence-electron chi connectivity index (χ1n) is 9.12. The molecule has 0 aliphatic heterocycles. The molecule has 9 heteroatoms. The monoisotopic (exact) mass is 500 g/mol. The number of hydrazone groups is 1. The van der Waals surface area contributed by atoms with Gasteiger partial charge in [0.2, 0.25) is 0 Å². The number of aromatic hydroxyl groups is 1. The number of aryl methyl sites for hydroxylation is 1. The van der Waals surface area contributed by atoms with Gasteiger partial charge in [-0.2, -0.15) is 15.3 Å². The van der Waals surface area contributed by atoms with Crippen LogP contribution in [0.25, 0.3) is 0 Å². The Balaban J connectivity index is 1.57. The summed E-state index contributed by atoms with van der Waals surface area (Å²) in [5, 5.41) is 22.8. The van der Waals surface area contributed by atoms with E-state index in [-0.39, 0.29) is 12.4 Å².